The SMILES string of the molecule is CC(C)(C)OC(=O)N1CCOC(CCc2n[nH]c(=O)o2)C1. The van der Waals surface area contributed by atoms with E-state index in [9.17, 15) is 9.59 Å². The van der Waals surface area contributed by atoms with Gasteiger partial charge in [-0.25, -0.2) is 14.7 Å². The number of aromatic nitrogens is 2. The van der Waals surface area contributed by atoms with Crippen molar-refractivity contribution in [2.45, 2.75) is 45.3 Å². The maximum absolute atomic E-state index is 12.0. The predicted octanol–water partition coefficient (Wildman–Crippen LogP) is 0.931. The lowest BCUT2D eigenvalue weighted by Gasteiger charge is -2.34. The number of rotatable bonds is 3. The summed E-state index contributed by atoms with van der Waals surface area (Å²) in [5, 5.41) is 5.95. The number of hydrogen-bond acceptors (Lipinski definition) is 6. The second kappa shape index (κ2) is 6.30. The van der Waals surface area contributed by atoms with Crippen LogP contribution in [0, 0.1) is 0 Å². The Hall–Kier alpha value is -1.83. The Kier molecular flexibility index (Phi) is 4.66. The van der Waals surface area contributed by atoms with Crippen LogP contribution in [0.2, 0.25) is 0 Å². The van der Waals surface area contributed by atoms with Crippen molar-refractivity contribution in [2.24, 2.45) is 0 Å². The molecule has 1 amide bonds. The van der Waals surface area contributed by atoms with Crippen molar-refractivity contribution >= 4 is 6.09 Å². The number of hydrogen-bond donors (Lipinski definition) is 1. The van der Waals surface area contributed by atoms with E-state index in [0.717, 1.165) is 0 Å². The van der Waals surface area contributed by atoms with Gasteiger partial charge in [-0.1, -0.05) is 0 Å². The van der Waals surface area contributed by atoms with Gasteiger partial charge in [-0.15, -0.1) is 5.10 Å². The molecule has 21 heavy (non-hydrogen) atoms. The fraction of sp³-hybridized carbons (Fsp3) is 0.769. The molecule has 1 aromatic heterocycles. The average Bonchev–Trinajstić information content (AvgIpc) is 2.81. The van der Waals surface area contributed by atoms with E-state index in [4.69, 9.17) is 13.9 Å². The first kappa shape index (κ1) is 15.6. The molecule has 1 saturated heterocycles. The van der Waals surface area contributed by atoms with Gasteiger partial charge in [-0.2, -0.15) is 0 Å². The fourth-order valence-corrected chi connectivity index (χ4v) is 2.04. The molecule has 118 valence electrons. The Morgan fingerprint density at radius 1 is 1.52 bits per heavy atom. The molecule has 8 heteroatoms. The van der Waals surface area contributed by atoms with Crippen LogP contribution in [0.4, 0.5) is 4.79 Å². The first-order valence-electron chi connectivity index (χ1n) is 6.97. The van der Waals surface area contributed by atoms with Crippen molar-refractivity contribution < 1.29 is 18.7 Å². The quantitative estimate of drug-likeness (QED) is 0.891. The monoisotopic (exact) mass is 299 g/mol. The van der Waals surface area contributed by atoms with E-state index in [1.807, 2.05) is 20.8 Å². The van der Waals surface area contributed by atoms with Gasteiger partial charge in [0.1, 0.15) is 5.60 Å². The van der Waals surface area contributed by atoms with E-state index in [0.29, 0.717) is 38.4 Å². The maximum Gasteiger partial charge on any atom is 0.434 e. The lowest BCUT2D eigenvalue weighted by Crippen LogP contribution is -2.47. The van der Waals surface area contributed by atoms with Crippen LogP contribution in [-0.4, -0.2) is 52.6 Å². The molecule has 0 aromatic carbocycles. The van der Waals surface area contributed by atoms with E-state index in [1.165, 1.54) is 0 Å². The van der Waals surface area contributed by atoms with Crippen LogP contribution in [0.15, 0.2) is 9.21 Å². The molecule has 0 radical (unpaired) electrons. The molecule has 2 heterocycles. The molecular formula is C13H21N3O5. The first-order valence-corrected chi connectivity index (χ1v) is 6.97. The zero-order valence-corrected chi connectivity index (χ0v) is 12.5. The smallest absolute Gasteiger partial charge is 0.434 e. The van der Waals surface area contributed by atoms with Gasteiger partial charge in [0, 0.05) is 13.0 Å². The predicted molar refractivity (Wildman–Crippen MR) is 73.0 cm³/mol. The van der Waals surface area contributed by atoms with Crippen molar-refractivity contribution in [2.75, 3.05) is 19.7 Å². The minimum atomic E-state index is -0.565. The van der Waals surface area contributed by atoms with E-state index in [1.54, 1.807) is 4.90 Å². The van der Waals surface area contributed by atoms with Gasteiger partial charge in [0.25, 0.3) is 0 Å². The van der Waals surface area contributed by atoms with E-state index < -0.39 is 11.4 Å². The number of nitrogens with one attached hydrogen (secondary N) is 1. The number of carbonyl (C=O) groups is 1. The minimum Gasteiger partial charge on any atom is -0.444 e. The number of nitrogens with zero attached hydrogens (tertiary/aromatic N) is 2. The Bertz CT molecular complexity index is 530. The van der Waals surface area contributed by atoms with Gasteiger partial charge >= 0.3 is 11.8 Å². The van der Waals surface area contributed by atoms with Gasteiger partial charge < -0.3 is 18.8 Å². The highest BCUT2D eigenvalue weighted by atomic mass is 16.6. The summed E-state index contributed by atoms with van der Waals surface area (Å²) in [5.41, 5.74) is -0.511. The number of morpholine rings is 1. The zero-order chi connectivity index (χ0) is 15.5. The summed E-state index contributed by atoms with van der Waals surface area (Å²) in [4.78, 5) is 24.5. The number of aryl methyl sites for hydroxylation is 1. The second-order valence-electron chi connectivity index (χ2n) is 5.96. The fourth-order valence-electron chi connectivity index (χ4n) is 2.04. The minimum absolute atomic E-state index is 0.117. The topological polar surface area (TPSA) is 97.7 Å². The Morgan fingerprint density at radius 2 is 2.29 bits per heavy atom. The first-order chi connectivity index (χ1) is 9.83. The third-order valence-corrected chi connectivity index (χ3v) is 2.95. The molecule has 0 bridgehead atoms. The molecule has 1 aliphatic heterocycles. The van der Waals surface area contributed by atoms with Crippen molar-refractivity contribution in [1.82, 2.24) is 15.1 Å². The van der Waals surface area contributed by atoms with Crippen LogP contribution in [0.3, 0.4) is 0 Å². The number of ether oxygens (including phenoxy) is 2. The number of H-pyrrole nitrogens is 1. The molecule has 1 N–H and O–H groups in total. The largest absolute Gasteiger partial charge is 0.444 e. The Balaban J connectivity index is 1.83. The van der Waals surface area contributed by atoms with Gasteiger partial charge in [-0.05, 0) is 27.2 Å². The van der Waals surface area contributed by atoms with Crippen LogP contribution >= 0.6 is 0 Å². The molecule has 1 aromatic rings. The summed E-state index contributed by atoms with van der Waals surface area (Å²) in [7, 11) is 0. The standard InChI is InChI=1S/C13H21N3O5/c1-13(2,3)21-12(18)16-6-7-19-9(8-16)4-5-10-14-15-11(17)20-10/h9H,4-8H2,1-3H3,(H,15,17). The maximum atomic E-state index is 12.0. The lowest BCUT2D eigenvalue weighted by atomic mass is 10.1. The van der Waals surface area contributed by atoms with Crippen molar-refractivity contribution in [3.8, 4) is 0 Å². The zero-order valence-electron chi connectivity index (χ0n) is 12.5. The summed E-state index contributed by atoms with van der Waals surface area (Å²) < 4.78 is 15.8. The van der Waals surface area contributed by atoms with Crippen LogP contribution in [0.5, 0.6) is 0 Å². The molecule has 0 saturated carbocycles. The summed E-state index contributed by atoms with van der Waals surface area (Å²) in [6, 6.07) is 0. The van der Waals surface area contributed by atoms with Crippen LogP contribution in [-0.2, 0) is 15.9 Å². The van der Waals surface area contributed by atoms with Gasteiger partial charge in [0.05, 0.1) is 19.3 Å². The lowest BCUT2D eigenvalue weighted by molar-refractivity contribution is -0.0447. The molecule has 0 aliphatic carbocycles. The number of amides is 1. The van der Waals surface area contributed by atoms with Crippen molar-refractivity contribution in [3.63, 3.8) is 0 Å². The summed E-state index contributed by atoms with van der Waals surface area (Å²) in [6.07, 6.45) is 0.647. The molecule has 1 unspecified atom stereocenters. The van der Waals surface area contributed by atoms with Gasteiger partial charge in [-0.3, -0.25) is 0 Å². The summed E-state index contributed by atoms with van der Waals surface area (Å²) in [5.74, 6) is -0.220. The van der Waals surface area contributed by atoms with E-state index in [-0.39, 0.29) is 12.2 Å². The van der Waals surface area contributed by atoms with Crippen LogP contribution in [0.25, 0.3) is 0 Å². The second-order valence-corrected chi connectivity index (χ2v) is 5.96. The normalized spacial score (nSPS) is 19.6. The highest BCUT2D eigenvalue weighted by Gasteiger charge is 2.28. The van der Waals surface area contributed by atoms with Crippen LogP contribution in [0.1, 0.15) is 33.1 Å². The third kappa shape index (κ3) is 4.89. The molecule has 1 atom stereocenters. The van der Waals surface area contributed by atoms with Gasteiger partial charge in [0.2, 0.25) is 5.89 Å². The summed E-state index contributed by atoms with van der Waals surface area (Å²) >= 11 is 0. The summed E-state index contributed by atoms with van der Waals surface area (Å²) in [6.45, 7) is 6.95. The van der Waals surface area contributed by atoms with E-state index in [2.05, 4.69) is 10.2 Å². The molecule has 8 nitrogen and oxygen atoms in total. The van der Waals surface area contributed by atoms with Crippen molar-refractivity contribution in [3.05, 3.63) is 16.4 Å². The van der Waals surface area contributed by atoms with Crippen LogP contribution < -0.4 is 5.76 Å². The molecule has 0 spiro atoms. The Labute approximate surface area is 122 Å². The third-order valence-electron chi connectivity index (χ3n) is 2.95. The molecule has 2 rings (SSSR count). The van der Waals surface area contributed by atoms with Gasteiger partial charge in [0.15, 0.2) is 0 Å². The number of aromatic amines is 1. The van der Waals surface area contributed by atoms with E-state index >= 15 is 0 Å². The molecule has 1 fully saturated rings. The highest BCUT2D eigenvalue weighted by molar-refractivity contribution is 5.68. The van der Waals surface area contributed by atoms with Crippen molar-refractivity contribution in [1.29, 1.82) is 0 Å². The molecular weight excluding hydrogens is 278 g/mol. The molecule has 1 aliphatic rings. The Morgan fingerprint density at radius 3 is 2.90 bits per heavy atom. The average molecular weight is 299 g/mol. The highest BCUT2D eigenvalue weighted by Crippen LogP contribution is 2.15. The number of carbonyl (C=O) groups excluding carboxylic acids is 1.